The quantitative estimate of drug-likeness (QED) is 0.679. The van der Waals surface area contributed by atoms with Gasteiger partial charge in [0.15, 0.2) is 0 Å². The van der Waals surface area contributed by atoms with Crippen molar-refractivity contribution in [3.63, 3.8) is 0 Å². The van der Waals surface area contributed by atoms with E-state index in [0.29, 0.717) is 12.2 Å². The van der Waals surface area contributed by atoms with Crippen molar-refractivity contribution in [1.29, 1.82) is 0 Å². The molecule has 0 amide bonds. The Morgan fingerprint density at radius 2 is 2.33 bits per heavy atom. The Balaban J connectivity index is 2.84. The molecule has 1 aromatic rings. The number of halogens is 1. The molecule has 0 aliphatic heterocycles. The highest BCUT2D eigenvalue weighted by atomic mass is 79.9. The molecule has 0 atom stereocenters. The van der Waals surface area contributed by atoms with Gasteiger partial charge < -0.3 is 9.84 Å². The van der Waals surface area contributed by atoms with Gasteiger partial charge >= 0.3 is 5.97 Å². The number of carbonyl (C=O) groups is 1. The smallest absolute Gasteiger partial charge is 0.330 e. The Hall–Kier alpha value is -1.29. The molecular weight excluding hydrogens is 260 g/mol. The molecule has 0 saturated carbocycles. The van der Waals surface area contributed by atoms with E-state index in [9.17, 15) is 9.90 Å². The summed E-state index contributed by atoms with van der Waals surface area (Å²) in [4.78, 5) is 11.0. The Labute approximate surface area is 96.5 Å². The van der Waals surface area contributed by atoms with Crippen molar-refractivity contribution in [3.8, 4) is 5.75 Å². The molecule has 0 bridgehead atoms. The molecular formula is C11H11BrO3. The van der Waals surface area contributed by atoms with Gasteiger partial charge in [-0.1, -0.05) is 22.0 Å². The molecule has 0 heterocycles. The lowest BCUT2D eigenvalue weighted by atomic mass is 10.2. The molecule has 0 saturated heterocycles. The molecule has 1 aromatic carbocycles. The van der Waals surface area contributed by atoms with E-state index in [4.69, 9.17) is 4.74 Å². The van der Waals surface area contributed by atoms with Crippen LogP contribution >= 0.6 is 15.9 Å². The van der Waals surface area contributed by atoms with Crippen molar-refractivity contribution in [2.24, 2.45) is 0 Å². The monoisotopic (exact) mass is 270 g/mol. The van der Waals surface area contributed by atoms with Crippen LogP contribution in [-0.4, -0.2) is 17.7 Å². The highest BCUT2D eigenvalue weighted by molar-refractivity contribution is 9.10. The molecule has 0 radical (unpaired) electrons. The van der Waals surface area contributed by atoms with Gasteiger partial charge in [0, 0.05) is 16.1 Å². The van der Waals surface area contributed by atoms with Gasteiger partial charge in [-0.05, 0) is 25.1 Å². The summed E-state index contributed by atoms with van der Waals surface area (Å²) < 4.78 is 5.45. The fourth-order valence-electron chi connectivity index (χ4n) is 1.03. The zero-order valence-electron chi connectivity index (χ0n) is 8.24. The number of benzene rings is 1. The molecule has 3 nitrogen and oxygen atoms in total. The van der Waals surface area contributed by atoms with Crippen molar-refractivity contribution in [1.82, 2.24) is 0 Å². The van der Waals surface area contributed by atoms with Crippen molar-refractivity contribution in [2.45, 2.75) is 6.92 Å². The topological polar surface area (TPSA) is 46.5 Å². The van der Waals surface area contributed by atoms with Crippen LogP contribution in [0.25, 0.3) is 6.08 Å². The minimum Gasteiger partial charge on any atom is -0.507 e. The third-order valence-corrected chi connectivity index (χ3v) is 2.39. The molecule has 1 N–H and O–H groups in total. The normalized spacial score (nSPS) is 10.5. The minimum atomic E-state index is -0.423. The van der Waals surface area contributed by atoms with Crippen LogP contribution in [0.4, 0.5) is 0 Å². The minimum absolute atomic E-state index is 0.116. The van der Waals surface area contributed by atoms with E-state index in [1.807, 2.05) is 0 Å². The van der Waals surface area contributed by atoms with E-state index in [-0.39, 0.29) is 5.75 Å². The molecule has 80 valence electrons. The predicted molar refractivity (Wildman–Crippen MR) is 61.5 cm³/mol. The lowest BCUT2D eigenvalue weighted by Gasteiger charge is -2.01. The number of hydrogen-bond acceptors (Lipinski definition) is 3. The van der Waals surface area contributed by atoms with Crippen LogP contribution in [0.2, 0.25) is 0 Å². The molecule has 0 spiro atoms. The summed E-state index contributed by atoms with van der Waals surface area (Å²) in [5.41, 5.74) is 0.561. The van der Waals surface area contributed by atoms with E-state index in [0.717, 1.165) is 4.47 Å². The number of ether oxygens (including phenoxy) is 1. The highest BCUT2D eigenvalue weighted by Gasteiger charge is 2.02. The Kier molecular flexibility index (Phi) is 4.37. The molecule has 1 rings (SSSR count). The van der Waals surface area contributed by atoms with Gasteiger partial charge in [0.1, 0.15) is 5.75 Å². The number of hydrogen-bond donors (Lipinski definition) is 1. The van der Waals surface area contributed by atoms with Gasteiger partial charge in [-0.25, -0.2) is 4.79 Å². The van der Waals surface area contributed by atoms with Crippen molar-refractivity contribution >= 4 is 28.0 Å². The number of aromatic hydroxyl groups is 1. The number of carbonyl (C=O) groups excluding carboxylic acids is 1. The lowest BCUT2D eigenvalue weighted by Crippen LogP contribution is -1.98. The molecule has 0 unspecified atom stereocenters. The highest BCUT2D eigenvalue weighted by Crippen LogP contribution is 2.26. The first-order valence-electron chi connectivity index (χ1n) is 4.47. The standard InChI is InChI=1S/C11H11BrO3/c1-2-15-11(14)7-6-8-9(12)4-3-5-10(8)13/h3-7,13H,2H2,1H3. The van der Waals surface area contributed by atoms with Gasteiger partial charge in [0.2, 0.25) is 0 Å². The molecule has 0 aliphatic rings. The molecule has 15 heavy (non-hydrogen) atoms. The molecule has 0 aromatic heterocycles. The molecule has 0 fully saturated rings. The van der Waals surface area contributed by atoms with Crippen LogP contribution in [0.3, 0.4) is 0 Å². The molecule has 0 aliphatic carbocycles. The Morgan fingerprint density at radius 1 is 1.60 bits per heavy atom. The number of esters is 1. The average molecular weight is 271 g/mol. The molecule has 4 heteroatoms. The third kappa shape index (κ3) is 3.40. The van der Waals surface area contributed by atoms with Gasteiger partial charge in [0.25, 0.3) is 0 Å². The van der Waals surface area contributed by atoms with E-state index >= 15 is 0 Å². The van der Waals surface area contributed by atoms with Crippen LogP contribution < -0.4 is 0 Å². The van der Waals surface area contributed by atoms with Crippen molar-refractivity contribution in [2.75, 3.05) is 6.61 Å². The summed E-state index contributed by atoms with van der Waals surface area (Å²) >= 11 is 3.27. The first-order chi connectivity index (χ1) is 7.15. The third-order valence-electron chi connectivity index (χ3n) is 1.70. The Bertz CT molecular complexity index is 365. The fraction of sp³-hybridized carbons (Fsp3) is 0.182. The first-order valence-corrected chi connectivity index (χ1v) is 5.26. The Morgan fingerprint density at radius 3 is 2.93 bits per heavy atom. The maximum atomic E-state index is 11.0. The number of phenols is 1. The number of rotatable bonds is 3. The van der Waals surface area contributed by atoms with Crippen molar-refractivity contribution < 1.29 is 14.6 Å². The van der Waals surface area contributed by atoms with Crippen LogP contribution in [0.1, 0.15) is 12.5 Å². The maximum absolute atomic E-state index is 11.0. The second kappa shape index (κ2) is 5.56. The average Bonchev–Trinajstić information content (AvgIpc) is 2.17. The largest absolute Gasteiger partial charge is 0.507 e. The van der Waals surface area contributed by atoms with Crippen LogP contribution in [-0.2, 0) is 9.53 Å². The summed E-state index contributed by atoms with van der Waals surface area (Å²) in [6, 6.07) is 5.04. The predicted octanol–water partition coefficient (Wildman–Crippen LogP) is 2.73. The second-order valence-electron chi connectivity index (χ2n) is 2.76. The SMILES string of the molecule is CCOC(=O)C=Cc1c(O)cccc1Br. The lowest BCUT2D eigenvalue weighted by molar-refractivity contribution is -0.137. The van der Waals surface area contributed by atoms with Crippen LogP contribution in [0, 0.1) is 0 Å². The van der Waals surface area contributed by atoms with Crippen LogP contribution in [0.15, 0.2) is 28.7 Å². The van der Waals surface area contributed by atoms with E-state index < -0.39 is 5.97 Å². The van der Waals surface area contributed by atoms with Gasteiger partial charge in [-0.3, -0.25) is 0 Å². The zero-order valence-corrected chi connectivity index (χ0v) is 9.82. The van der Waals surface area contributed by atoms with E-state index in [2.05, 4.69) is 15.9 Å². The summed E-state index contributed by atoms with van der Waals surface area (Å²) in [6.45, 7) is 2.08. The zero-order chi connectivity index (χ0) is 11.3. The van der Waals surface area contributed by atoms with E-state index in [1.54, 1.807) is 25.1 Å². The first kappa shape index (κ1) is 11.8. The van der Waals surface area contributed by atoms with Gasteiger partial charge in [-0.15, -0.1) is 0 Å². The second-order valence-corrected chi connectivity index (χ2v) is 3.61. The van der Waals surface area contributed by atoms with Crippen LogP contribution in [0.5, 0.6) is 5.75 Å². The van der Waals surface area contributed by atoms with Gasteiger partial charge in [-0.2, -0.15) is 0 Å². The fourth-order valence-corrected chi connectivity index (χ4v) is 1.52. The summed E-state index contributed by atoms with van der Waals surface area (Å²) in [7, 11) is 0. The maximum Gasteiger partial charge on any atom is 0.330 e. The summed E-state index contributed by atoms with van der Waals surface area (Å²) in [6.07, 6.45) is 2.79. The number of phenolic OH excluding ortho intramolecular Hbond substituents is 1. The summed E-state index contributed by atoms with van der Waals surface area (Å²) in [5, 5.41) is 9.50. The summed E-state index contributed by atoms with van der Waals surface area (Å²) in [5.74, 6) is -0.308. The van der Waals surface area contributed by atoms with Crippen molar-refractivity contribution in [3.05, 3.63) is 34.3 Å². The van der Waals surface area contributed by atoms with E-state index in [1.165, 1.54) is 12.2 Å². The van der Waals surface area contributed by atoms with Gasteiger partial charge in [0.05, 0.1) is 6.61 Å².